The largest absolute Gasteiger partial charge is 0.401 e. The molecular formula is C13H9N7O6. The molecule has 0 aliphatic heterocycles. The number of carbonyl (C=O) groups is 1. The highest BCUT2D eigenvalue weighted by atomic mass is 16.6. The number of hydrogen-bond acceptors (Lipinski definition) is 9. The van der Waals surface area contributed by atoms with Crippen molar-refractivity contribution < 1.29 is 19.1 Å². The number of nitrogens with zero attached hydrogens (tertiary/aromatic N) is 6. The molecule has 1 aromatic carbocycles. The summed E-state index contributed by atoms with van der Waals surface area (Å²) in [7, 11) is 1.69. The lowest BCUT2D eigenvalue weighted by atomic mass is 10.1. The molecule has 0 fully saturated rings. The normalized spacial score (nSPS) is 10.5. The van der Waals surface area contributed by atoms with E-state index in [4.69, 9.17) is 4.42 Å². The van der Waals surface area contributed by atoms with E-state index in [2.05, 4.69) is 20.6 Å². The number of nitro groups is 2. The fourth-order valence-electron chi connectivity index (χ4n) is 2.01. The summed E-state index contributed by atoms with van der Waals surface area (Å²) in [5.41, 5.74) is -1.11. The lowest BCUT2D eigenvalue weighted by Crippen LogP contribution is -2.13. The molecule has 1 amide bonds. The molecule has 132 valence electrons. The van der Waals surface area contributed by atoms with Crippen LogP contribution in [0, 0.1) is 20.2 Å². The SMILES string of the molecule is Cn1ccc(-c2nnc(NC(=O)c3cc([N+](=O)[O-])cc([N+](=O)[O-])c3)o2)n1. The maximum Gasteiger partial charge on any atom is 0.322 e. The number of nitrogens with one attached hydrogen (secondary N) is 1. The van der Waals surface area contributed by atoms with Crippen LogP contribution in [0.3, 0.4) is 0 Å². The summed E-state index contributed by atoms with van der Waals surface area (Å²) in [5.74, 6) is -0.834. The van der Waals surface area contributed by atoms with E-state index in [-0.39, 0.29) is 17.5 Å². The van der Waals surface area contributed by atoms with E-state index in [0.29, 0.717) is 5.69 Å². The Bertz CT molecular complexity index is 991. The molecule has 2 heterocycles. The number of aromatic nitrogens is 4. The predicted molar refractivity (Wildman–Crippen MR) is 84.2 cm³/mol. The van der Waals surface area contributed by atoms with Crippen LogP contribution in [0.2, 0.25) is 0 Å². The third-order valence-corrected chi connectivity index (χ3v) is 3.16. The highest BCUT2D eigenvalue weighted by Crippen LogP contribution is 2.24. The number of hydrogen-bond donors (Lipinski definition) is 1. The van der Waals surface area contributed by atoms with Gasteiger partial charge in [0.15, 0.2) is 0 Å². The second-order valence-electron chi connectivity index (χ2n) is 4.99. The Morgan fingerprint density at radius 3 is 2.35 bits per heavy atom. The first-order valence-electron chi connectivity index (χ1n) is 6.92. The smallest absolute Gasteiger partial charge is 0.322 e. The lowest BCUT2D eigenvalue weighted by Gasteiger charge is -2.01. The maximum atomic E-state index is 12.2. The molecular weight excluding hydrogens is 350 g/mol. The number of benzene rings is 1. The summed E-state index contributed by atoms with van der Waals surface area (Å²) < 4.78 is 6.75. The first-order chi connectivity index (χ1) is 12.3. The molecule has 0 radical (unpaired) electrons. The van der Waals surface area contributed by atoms with Crippen molar-refractivity contribution in [2.24, 2.45) is 7.05 Å². The number of non-ortho nitro benzene ring substituents is 2. The van der Waals surface area contributed by atoms with Crippen LogP contribution in [0.15, 0.2) is 34.9 Å². The van der Waals surface area contributed by atoms with E-state index >= 15 is 0 Å². The minimum absolute atomic E-state index is 0.0472. The van der Waals surface area contributed by atoms with Gasteiger partial charge in [-0.15, -0.1) is 5.10 Å². The van der Waals surface area contributed by atoms with Gasteiger partial charge in [0, 0.05) is 25.4 Å². The molecule has 3 aromatic rings. The van der Waals surface area contributed by atoms with Gasteiger partial charge in [-0.3, -0.25) is 35.0 Å². The lowest BCUT2D eigenvalue weighted by molar-refractivity contribution is -0.394. The third-order valence-electron chi connectivity index (χ3n) is 3.16. The van der Waals surface area contributed by atoms with Crippen LogP contribution in [0.25, 0.3) is 11.6 Å². The zero-order chi connectivity index (χ0) is 18.8. The highest BCUT2D eigenvalue weighted by Gasteiger charge is 2.21. The van der Waals surface area contributed by atoms with Gasteiger partial charge >= 0.3 is 6.01 Å². The van der Waals surface area contributed by atoms with Gasteiger partial charge in [0.2, 0.25) is 0 Å². The van der Waals surface area contributed by atoms with E-state index in [9.17, 15) is 25.0 Å². The van der Waals surface area contributed by atoms with Crippen molar-refractivity contribution in [3.05, 3.63) is 56.3 Å². The van der Waals surface area contributed by atoms with Gasteiger partial charge in [0.1, 0.15) is 5.69 Å². The molecule has 0 atom stereocenters. The van der Waals surface area contributed by atoms with E-state index in [1.165, 1.54) is 4.68 Å². The molecule has 26 heavy (non-hydrogen) atoms. The third kappa shape index (κ3) is 3.35. The number of nitro benzene ring substituents is 2. The minimum Gasteiger partial charge on any atom is -0.401 e. The van der Waals surface area contributed by atoms with Crippen molar-refractivity contribution in [3.8, 4) is 11.6 Å². The molecule has 0 aliphatic carbocycles. The van der Waals surface area contributed by atoms with Crippen molar-refractivity contribution in [1.29, 1.82) is 0 Å². The topological polar surface area (TPSA) is 172 Å². The summed E-state index contributed by atoms with van der Waals surface area (Å²) in [6.45, 7) is 0. The molecule has 0 unspecified atom stereocenters. The van der Waals surface area contributed by atoms with Crippen LogP contribution < -0.4 is 5.32 Å². The van der Waals surface area contributed by atoms with Gasteiger partial charge in [-0.1, -0.05) is 5.10 Å². The molecule has 0 saturated heterocycles. The van der Waals surface area contributed by atoms with Gasteiger partial charge in [0.05, 0.1) is 21.5 Å². The van der Waals surface area contributed by atoms with E-state index in [1.54, 1.807) is 19.3 Å². The second kappa shape index (κ2) is 6.39. The monoisotopic (exact) mass is 359 g/mol. The summed E-state index contributed by atoms with van der Waals surface area (Å²) in [6, 6.07) is 3.88. The molecule has 13 heteroatoms. The average Bonchev–Trinajstić information content (AvgIpc) is 3.23. The van der Waals surface area contributed by atoms with Crippen LogP contribution in [0.5, 0.6) is 0 Å². The summed E-state index contributed by atoms with van der Waals surface area (Å²) in [5, 5.41) is 35.4. The molecule has 13 nitrogen and oxygen atoms in total. The van der Waals surface area contributed by atoms with E-state index in [0.717, 1.165) is 18.2 Å². The van der Waals surface area contributed by atoms with Gasteiger partial charge in [-0.2, -0.15) is 5.10 Å². The highest BCUT2D eigenvalue weighted by molar-refractivity contribution is 6.04. The van der Waals surface area contributed by atoms with Crippen LogP contribution in [0.1, 0.15) is 10.4 Å². The van der Waals surface area contributed by atoms with Crippen molar-refractivity contribution in [1.82, 2.24) is 20.0 Å². The number of amides is 1. The summed E-state index contributed by atoms with van der Waals surface area (Å²) >= 11 is 0. The summed E-state index contributed by atoms with van der Waals surface area (Å²) in [4.78, 5) is 32.3. The maximum absolute atomic E-state index is 12.2. The van der Waals surface area contributed by atoms with Crippen molar-refractivity contribution in [2.75, 3.05) is 5.32 Å². The quantitative estimate of drug-likeness (QED) is 0.523. The van der Waals surface area contributed by atoms with Crippen LogP contribution in [-0.4, -0.2) is 35.7 Å². The molecule has 0 spiro atoms. The molecule has 2 aromatic heterocycles. The van der Waals surface area contributed by atoms with Crippen molar-refractivity contribution >= 4 is 23.3 Å². The van der Waals surface area contributed by atoms with Crippen LogP contribution in [0.4, 0.5) is 17.4 Å². The van der Waals surface area contributed by atoms with E-state index < -0.39 is 27.1 Å². The number of aryl methyl sites for hydroxylation is 1. The van der Waals surface area contributed by atoms with Crippen molar-refractivity contribution in [2.45, 2.75) is 0 Å². The summed E-state index contributed by atoms with van der Waals surface area (Å²) in [6.07, 6.45) is 1.65. The molecule has 0 aliphatic rings. The van der Waals surface area contributed by atoms with E-state index in [1.807, 2.05) is 0 Å². The fourth-order valence-corrected chi connectivity index (χ4v) is 2.01. The molecule has 0 bridgehead atoms. The Balaban J connectivity index is 1.85. The van der Waals surface area contributed by atoms with Gasteiger partial charge in [-0.05, 0) is 6.07 Å². The Morgan fingerprint density at radius 2 is 1.81 bits per heavy atom. The predicted octanol–water partition coefficient (Wildman–Crippen LogP) is 1.54. The fraction of sp³-hybridized carbons (Fsp3) is 0.0769. The zero-order valence-electron chi connectivity index (χ0n) is 13.0. The number of anilines is 1. The van der Waals surface area contributed by atoms with Gasteiger partial charge in [0.25, 0.3) is 23.2 Å². The Hall–Kier alpha value is -4.16. The van der Waals surface area contributed by atoms with Gasteiger partial charge in [-0.25, -0.2) is 0 Å². The minimum atomic E-state index is -0.881. The van der Waals surface area contributed by atoms with Crippen LogP contribution >= 0.6 is 0 Å². The standard InChI is InChI=1S/C13H9N7O6/c1-18-3-2-10(17-18)12-15-16-13(26-12)14-11(21)7-4-8(19(22)23)6-9(5-7)20(24)25/h2-6H,1H3,(H,14,16,21). The molecule has 1 N–H and O–H groups in total. The number of rotatable bonds is 5. The Morgan fingerprint density at radius 1 is 1.15 bits per heavy atom. The van der Waals surface area contributed by atoms with Gasteiger partial charge < -0.3 is 4.42 Å². The first-order valence-corrected chi connectivity index (χ1v) is 6.92. The van der Waals surface area contributed by atoms with Crippen molar-refractivity contribution in [3.63, 3.8) is 0 Å². The molecule has 3 rings (SSSR count). The Labute approximate surface area is 143 Å². The zero-order valence-corrected chi connectivity index (χ0v) is 13.0. The van der Waals surface area contributed by atoms with Crippen LogP contribution in [-0.2, 0) is 7.05 Å². The average molecular weight is 359 g/mol. The molecule has 0 saturated carbocycles. The first kappa shape index (κ1) is 16.7. The Kier molecular flexibility index (Phi) is 4.10. The second-order valence-corrected chi connectivity index (χ2v) is 4.99. The number of carbonyl (C=O) groups excluding carboxylic acids is 1.